The Hall–Kier alpha value is -2.81. The van der Waals surface area contributed by atoms with Gasteiger partial charge < -0.3 is 15.7 Å². The average Bonchev–Trinajstić information content (AvgIpc) is 3.41. The first-order valence-electron chi connectivity index (χ1n) is 11.3. The van der Waals surface area contributed by atoms with Crippen LogP contribution in [0.4, 0.5) is 16.2 Å². The quantitative estimate of drug-likeness (QED) is 0.272. The molecule has 1 aliphatic rings. The third kappa shape index (κ3) is 4.85. The minimum Gasteiger partial charge on any atom is -0.396 e. The van der Waals surface area contributed by atoms with Gasteiger partial charge in [0.05, 0.1) is 15.8 Å². The van der Waals surface area contributed by atoms with Crippen LogP contribution < -0.4 is 10.6 Å². The standard InChI is InChI=1S/C25H25ClFN5OS/c1-14-10-16(13-33)11-19(14)29-23-21(24-30-18-4-2-3-5-20(18)34-24)22(26)31-25(32-23)28-12-15-6-8-17(27)9-7-15/h2-9,14,16,19,33H,10-13H2,1H3,(H2,28,29,31,32)/t14-,16-,19-/m1/s1. The summed E-state index contributed by atoms with van der Waals surface area (Å²) in [7, 11) is 0. The van der Waals surface area contributed by atoms with Crippen LogP contribution in [0.5, 0.6) is 0 Å². The number of hydrogen-bond donors (Lipinski definition) is 3. The summed E-state index contributed by atoms with van der Waals surface area (Å²) in [4.78, 5) is 14.0. The van der Waals surface area contributed by atoms with Gasteiger partial charge in [0.15, 0.2) is 0 Å². The molecule has 0 unspecified atom stereocenters. The van der Waals surface area contributed by atoms with Gasteiger partial charge in [-0.3, -0.25) is 0 Å². The fourth-order valence-electron chi connectivity index (χ4n) is 4.47. The summed E-state index contributed by atoms with van der Waals surface area (Å²) in [5.41, 5.74) is 2.48. The molecule has 0 spiro atoms. The molecule has 0 bridgehead atoms. The molecule has 0 aliphatic heterocycles. The van der Waals surface area contributed by atoms with Gasteiger partial charge in [-0.25, -0.2) is 14.4 Å². The van der Waals surface area contributed by atoms with E-state index in [1.807, 2.05) is 24.3 Å². The molecule has 4 aromatic rings. The lowest BCUT2D eigenvalue weighted by Crippen LogP contribution is -2.24. The third-order valence-corrected chi connectivity index (χ3v) is 7.62. The highest BCUT2D eigenvalue weighted by molar-refractivity contribution is 7.21. The number of anilines is 2. The number of rotatable bonds is 7. The molecular weight excluding hydrogens is 473 g/mol. The molecule has 0 saturated heterocycles. The fraction of sp³-hybridized carbons (Fsp3) is 0.320. The van der Waals surface area contributed by atoms with Crippen molar-refractivity contribution in [2.75, 3.05) is 17.2 Å². The van der Waals surface area contributed by atoms with Crippen molar-refractivity contribution in [2.45, 2.75) is 32.4 Å². The summed E-state index contributed by atoms with van der Waals surface area (Å²) < 4.78 is 14.3. The lowest BCUT2D eigenvalue weighted by Gasteiger charge is -2.21. The summed E-state index contributed by atoms with van der Waals surface area (Å²) in [6, 6.07) is 14.4. The fourth-order valence-corrected chi connectivity index (χ4v) is 5.80. The highest BCUT2D eigenvalue weighted by Crippen LogP contribution is 2.40. The van der Waals surface area contributed by atoms with Gasteiger partial charge in [0.1, 0.15) is 21.8 Å². The number of aromatic nitrogens is 3. The maximum absolute atomic E-state index is 13.2. The molecule has 5 rings (SSSR count). The highest BCUT2D eigenvalue weighted by Gasteiger charge is 2.32. The van der Waals surface area contributed by atoms with Gasteiger partial charge in [-0.05, 0) is 54.5 Å². The van der Waals surface area contributed by atoms with Crippen molar-refractivity contribution < 1.29 is 9.50 Å². The van der Waals surface area contributed by atoms with E-state index in [4.69, 9.17) is 21.6 Å². The number of hydrogen-bond acceptors (Lipinski definition) is 7. The van der Waals surface area contributed by atoms with Gasteiger partial charge in [0, 0.05) is 19.2 Å². The number of aliphatic hydroxyl groups is 1. The zero-order valence-corrected chi connectivity index (χ0v) is 20.2. The van der Waals surface area contributed by atoms with Gasteiger partial charge in [-0.2, -0.15) is 4.98 Å². The maximum Gasteiger partial charge on any atom is 0.226 e. The van der Waals surface area contributed by atoms with Gasteiger partial charge in [0.25, 0.3) is 0 Å². The first kappa shape index (κ1) is 23.0. The molecule has 0 radical (unpaired) electrons. The predicted molar refractivity (Wildman–Crippen MR) is 136 cm³/mol. The Labute approximate surface area is 206 Å². The third-order valence-electron chi connectivity index (χ3n) is 6.30. The Morgan fingerprint density at radius 2 is 1.88 bits per heavy atom. The van der Waals surface area contributed by atoms with Gasteiger partial charge >= 0.3 is 0 Å². The summed E-state index contributed by atoms with van der Waals surface area (Å²) >= 11 is 8.27. The minimum absolute atomic E-state index is 0.154. The van der Waals surface area contributed by atoms with E-state index in [9.17, 15) is 9.50 Å². The van der Waals surface area contributed by atoms with Crippen LogP contribution >= 0.6 is 22.9 Å². The van der Waals surface area contributed by atoms with Crippen molar-refractivity contribution in [2.24, 2.45) is 11.8 Å². The van der Waals surface area contributed by atoms with Crippen LogP contribution in [-0.2, 0) is 6.54 Å². The van der Waals surface area contributed by atoms with Crippen LogP contribution in [0, 0.1) is 17.7 Å². The lowest BCUT2D eigenvalue weighted by atomic mass is 10.1. The monoisotopic (exact) mass is 497 g/mol. The molecule has 176 valence electrons. The molecule has 3 atom stereocenters. The first-order chi connectivity index (χ1) is 16.5. The lowest BCUT2D eigenvalue weighted by molar-refractivity contribution is 0.226. The largest absolute Gasteiger partial charge is 0.396 e. The van der Waals surface area contributed by atoms with Crippen molar-refractivity contribution in [3.63, 3.8) is 0 Å². The molecule has 2 aromatic carbocycles. The second-order valence-corrected chi connectivity index (χ2v) is 10.2. The van der Waals surface area contributed by atoms with E-state index in [-0.39, 0.29) is 24.4 Å². The number of fused-ring (bicyclic) bond motifs is 1. The number of aliphatic hydroxyl groups excluding tert-OH is 1. The van der Waals surface area contributed by atoms with E-state index in [0.717, 1.165) is 33.6 Å². The second kappa shape index (κ2) is 9.82. The predicted octanol–water partition coefficient (Wildman–Crippen LogP) is 5.98. The van der Waals surface area contributed by atoms with Crippen LogP contribution in [0.15, 0.2) is 48.5 Å². The summed E-state index contributed by atoms with van der Waals surface area (Å²) in [5.74, 6) is 1.38. The zero-order chi connectivity index (χ0) is 23.7. The van der Waals surface area contributed by atoms with Crippen LogP contribution in [0.3, 0.4) is 0 Å². The molecule has 6 nitrogen and oxygen atoms in total. The van der Waals surface area contributed by atoms with Crippen molar-refractivity contribution >= 4 is 44.9 Å². The minimum atomic E-state index is -0.276. The molecule has 1 fully saturated rings. The smallest absolute Gasteiger partial charge is 0.226 e. The van der Waals surface area contributed by atoms with E-state index in [1.54, 1.807) is 23.5 Å². The molecule has 0 amide bonds. The van der Waals surface area contributed by atoms with Crippen molar-refractivity contribution in [3.05, 3.63) is 65.1 Å². The number of halogens is 2. The second-order valence-electron chi connectivity index (χ2n) is 8.78. The number of nitrogens with zero attached hydrogens (tertiary/aromatic N) is 3. The normalized spacial score (nSPS) is 20.1. The molecule has 3 N–H and O–H groups in total. The van der Waals surface area contributed by atoms with Crippen LogP contribution in [0.2, 0.25) is 5.15 Å². The molecule has 2 aromatic heterocycles. The molecule has 2 heterocycles. The Morgan fingerprint density at radius 3 is 2.62 bits per heavy atom. The van der Waals surface area contributed by atoms with E-state index in [2.05, 4.69) is 22.5 Å². The number of thiazole rings is 1. The molecule has 9 heteroatoms. The molecular formula is C25H25ClFN5OS. The van der Waals surface area contributed by atoms with Crippen molar-refractivity contribution in [3.8, 4) is 10.6 Å². The Kier molecular flexibility index (Phi) is 6.63. The Morgan fingerprint density at radius 1 is 1.09 bits per heavy atom. The average molecular weight is 498 g/mol. The number of para-hydroxylation sites is 1. The zero-order valence-electron chi connectivity index (χ0n) is 18.6. The van der Waals surface area contributed by atoms with Crippen LogP contribution in [0.25, 0.3) is 20.8 Å². The van der Waals surface area contributed by atoms with Crippen LogP contribution in [-0.4, -0.2) is 32.7 Å². The highest BCUT2D eigenvalue weighted by atomic mass is 35.5. The first-order valence-corrected chi connectivity index (χ1v) is 12.5. The van der Waals surface area contributed by atoms with Gasteiger partial charge in [0.2, 0.25) is 5.95 Å². The SMILES string of the molecule is C[C@@H]1C[C@@H](CO)C[C@H]1Nc1nc(NCc2ccc(F)cc2)nc(Cl)c1-c1nc2ccccc2s1. The van der Waals surface area contributed by atoms with E-state index < -0.39 is 0 Å². The van der Waals surface area contributed by atoms with Crippen molar-refractivity contribution in [1.82, 2.24) is 15.0 Å². The van der Waals surface area contributed by atoms with Gasteiger partial charge in [-0.15, -0.1) is 11.3 Å². The molecule has 1 saturated carbocycles. The summed E-state index contributed by atoms with van der Waals surface area (Å²) in [6.45, 7) is 2.80. The molecule has 1 aliphatic carbocycles. The van der Waals surface area contributed by atoms with Crippen molar-refractivity contribution in [1.29, 1.82) is 0 Å². The summed E-state index contributed by atoms with van der Waals surface area (Å²) in [5, 5.41) is 17.5. The van der Waals surface area contributed by atoms with E-state index >= 15 is 0 Å². The summed E-state index contributed by atoms with van der Waals surface area (Å²) in [6.07, 6.45) is 1.82. The van der Waals surface area contributed by atoms with E-state index in [0.29, 0.717) is 34.9 Å². The number of benzene rings is 2. The Bertz CT molecular complexity index is 1270. The van der Waals surface area contributed by atoms with Gasteiger partial charge in [-0.1, -0.05) is 42.8 Å². The van der Waals surface area contributed by atoms with E-state index in [1.165, 1.54) is 12.1 Å². The van der Waals surface area contributed by atoms with Crippen LogP contribution in [0.1, 0.15) is 25.3 Å². The topological polar surface area (TPSA) is 83.0 Å². The number of nitrogens with one attached hydrogen (secondary N) is 2. The Balaban J connectivity index is 1.49. The molecule has 34 heavy (non-hydrogen) atoms. The maximum atomic E-state index is 13.2.